The molecule has 0 atom stereocenters. The lowest BCUT2D eigenvalue weighted by molar-refractivity contribution is -0.142. The molecule has 0 N–H and O–H groups in total. The summed E-state index contributed by atoms with van der Waals surface area (Å²) in [5, 5.41) is 0. The molecule has 0 aliphatic heterocycles. The third kappa shape index (κ3) is 4.35. The van der Waals surface area contributed by atoms with Gasteiger partial charge in [-0.2, -0.15) is 0 Å². The molecule has 0 saturated carbocycles. The van der Waals surface area contributed by atoms with Gasteiger partial charge < -0.3 is 9.64 Å². The Balaban J connectivity index is 2.13. The number of benzene rings is 2. The second-order valence-electron chi connectivity index (χ2n) is 4.95. The van der Waals surface area contributed by atoms with Gasteiger partial charge in [0, 0.05) is 19.3 Å². The average Bonchev–Trinajstić information content (AvgIpc) is 2.49. The van der Waals surface area contributed by atoms with Crippen LogP contribution < -0.4 is 4.90 Å². The van der Waals surface area contributed by atoms with E-state index >= 15 is 0 Å². The van der Waals surface area contributed by atoms with Gasteiger partial charge in [0.15, 0.2) is 0 Å². The van der Waals surface area contributed by atoms with E-state index in [1.165, 1.54) is 5.56 Å². The number of anilines is 1. The third-order valence-corrected chi connectivity index (χ3v) is 3.31. The van der Waals surface area contributed by atoms with Crippen molar-refractivity contribution in [3.05, 3.63) is 65.7 Å². The van der Waals surface area contributed by atoms with Gasteiger partial charge in [-0.3, -0.25) is 4.79 Å². The molecule has 0 bridgehead atoms. The summed E-state index contributed by atoms with van der Waals surface area (Å²) >= 11 is 0. The Labute approximate surface area is 126 Å². The normalized spacial score (nSPS) is 10.2. The van der Waals surface area contributed by atoms with Crippen molar-refractivity contribution >= 4 is 11.7 Å². The van der Waals surface area contributed by atoms with Gasteiger partial charge in [-0.05, 0) is 24.1 Å². The predicted octanol–water partition coefficient (Wildman–Crippen LogP) is 3.43. The summed E-state index contributed by atoms with van der Waals surface area (Å²) in [7, 11) is 2.04. The second kappa shape index (κ2) is 7.48. The lowest BCUT2D eigenvalue weighted by Crippen LogP contribution is -2.19. The summed E-state index contributed by atoms with van der Waals surface area (Å²) in [4.78, 5) is 13.9. The van der Waals surface area contributed by atoms with Crippen LogP contribution in [0, 0.1) is 0 Å². The molecule has 0 heterocycles. The summed E-state index contributed by atoms with van der Waals surface area (Å²) in [6.45, 7) is 3.05. The Morgan fingerprint density at radius 3 is 2.43 bits per heavy atom. The zero-order valence-electron chi connectivity index (χ0n) is 12.6. The van der Waals surface area contributed by atoms with Crippen LogP contribution in [0.2, 0.25) is 0 Å². The highest BCUT2D eigenvalue weighted by Crippen LogP contribution is 2.21. The number of rotatable bonds is 6. The van der Waals surface area contributed by atoms with Crippen LogP contribution in [0.5, 0.6) is 0 Å². The molecule has 3 nitrogen and oxygen atoms in total. The standard InChI is InChI=1S/C18H21NO2/c1-3-21-18(20)13-16-11-7-8-12-17(16)19(2)14-15-9-5-4-6-10-15/h4-12H,3,13-14H2,1-2H3. The van der Waals surface area contributed by atoms with Gasteiger partial charge in [0.25, 0.3) is 0 Å². The number of carbonyl (C=O) groups is 1. The second-order valence-corrected chi connectivity index (χ2v) is 4.95. The highest BCUT2D eigenvalue weighted by atomic mass is 16.5. The first-order valence-electron chi connectivity index (χ1n) is 7.19. The fourth-order valence-electron chi connectivity index (χ4n) is 2.34. The van der Waals surface area contributed by atoms with E-state index in [9.17, 15) is 4.79 Å². The van der Waals surface area contributed by atoms with Gasteiger partial charge in [0.05, 0.1) is 13.0 Å². The van der Waals surface area contributed by atoms with E-state index in [0.29, 0.717) is 13.0 Å². The maximum atomic E-state index is 11.7. The minimum absolute atomic E-state index is 0.182. The lowest BCUT2D eigenvalue weighted by Gasteiger charge is -2.22. The monoisotopic (exact) mass is 283 g/mol. The molecule has 2 rings (SSSR count). The van der Waals surface area contributed by atoms with Crippen molar-refractivity contribution in [2.24, 2.45) is 0 Å². The van der Waals surface area contributed by atoms with Gasteiger partial charge in [-0.1, -0.05) is 48.5 Å². The van der Waals surface area contributed by atoms with Crippen LogP contribution in [-0.4, -0.2) is 19.6 Å². The molecule has 21 heavy (non-hydrogen) atoms. The Bertz CT molecular complexity index is 581. The largest absolute Gasteiger partial charge is 0.466 e. The molecule has 0 spiro atoms. The van der Waals surface area contributed by atoms with Crippen molar-refractivity contribution in [3.8, 4) is 0 Å². The maximum absolute atomic E-state index is 11.7. The number of esters is 1. The van der Waals surface area contributed by atoms with Crippen LogP contribution in [0.15, 0.2) is 54.6 Å². The summed E-state index contributed by atoms with van der Waals surface area (Å²) in [6.07, 6.45) is 0.309. The van der Waals surface area contributed by atoms with Crippen molar-refractivity contribution < 1.29 is 9.53 Å². The van der Waals surface area contributed by atoms with Crippen LogP contribution in [-0.2, 0) is 22.5 Å². The maximum Gasteiger partial charge on any atom is 0.310 e. The molecule has 0 saturated heterocycles. The fraction of sp³-hybridized carbons (Fsp3) is 0.278. The minimum atomic E-state index is -0.182. The number of carbonyl (C=O) groups excluding carboxylic acids is 1. The molecule has 110 valence electrons. The van der Waals surface area contributed by atoms with E-state index < -0.39 is 0 Å². The third-order valence-electron chi connectivity index (χ3n) is 3.31. The van der Waals surface area contributed by atoms with Crippen molar-refractivity contribution in [2.45, 2.75) is 19.9 Å². The summed E-state index contributed by atoms with van der Waals surface area (Å²) in [6, 6.07) is 18.2. The van der Waals surface area contributed by atoms with E-state index in [4.69, 9.17) is 4.74 Å². The summed E-state index contributed by atoms with van der Waals surface area (Å²) in [5.41, 5.74) is 3.30. The SMILES string of the molecule is CCOC(=O)Cc1ccccc1N(C)Cc1ccccc1. The van der Waals surface area contributed by atoms with E-state index in [1.54, 1.807) is 0 Å². The van der Waals surface area contributed by atoms with Crippen LogP contribution in [0.25, 0.3) is 0 Å². The number of nitrogens with zero attached hydrogens (tertiary/aromatic N) is 1. The first-order valence-corrected chi connectivity index (χ1v) is 7.19. The topological polar surface area (TPSA) is 29.5 Å². The molecular weight excluding hydrogens is 262 g/mol. The molecule has 0 aromatic heterocycles. The molecule has 0 aliphatic carbocycles. The number of hydrogen-bond donors (Lipinski definition) is 0. The smallest absolute Gasteiger partial charge is 0.310 e. The molecule has 2 aromatic rings. The number of hydrogen-bond acceptors (Lipinski definition) is 3. The van der Waals surface area contributed by atoms with E-state index in [0.717, 1.165) is 17.8 Å². The molecule has 3 heteroatoms. The number of ether oxygens (including phenoxy) is 1. The van der Waals surface area contributed by atoms with E-state index in [-0.39, 0.29) is 5.97 Å². The average molecular weight is 283 g/mol. The first-order chi connectivity index (χ1) is 10.2. The predicted molar refractivity (Wildman–Crippen MR) is 85.3 cm³/mol. The Morgan fingerprint density at radius 1 is 1.05 bits per heavy atom. The minimum Gasteiger partial charge on any atom is -0.466 e. The Kier molecular flexibility index (Phi) is 5.38. The molecule has 2 aromatic carbocycles. The first kappa shape index (κ1) is 15.1. The fourth-order valence-corrected chi connectivity index (χ4v) is 2.34. The van der Waals surface area contributed by atoms with Crippen molar-refractivity contribution in [1.82, 2.24) is 0 Å². The molecule has 0 fully saturated rings. The molecule has 0 aliphatic rings. The highest BCUT2D eigenvalue weighted by Gasteiger charge is 2.11. The van der Waals surface area contributed by atoms with Gasteiger partial charge in [0.1, 0.15) is 0 Å². The summed E-state index contributed by atoms with van der Waals surface area (Å²) < 4.78 is 5.04. The Hall–Kier alpha value is -2.29. The quantitative estimate of drug-likeness (QED) is 0.761. The molecule has 0 unspecified atom stereocenters. The van der Waals surface area contributed by atoms with Crippen LogP contribution in [0.1, 0.15) is 18.1 Å². The zero-order chi connectivity index (χ0) is 15.1. The van der Waals surface area contributed by atoms with Gasteiger partial charge >= 0.3 is 5.97 Å². The molecular formula is C18H21NO2. The van der Waals surface area contributed by atoms with E-state index in [2.05, 4.69) is 17.0 Å². The van der Waals surface area contributed by atoms with Crippen molar-refractivity contribution in [2.75, 3.05) is 18.6 Å². The van der Waals surface area contributed by atoms with Gasteiger partial charge in [-0.25, -0.2) is 0 Å². The Morgan fingerprint density at radius 2 is 1.71 bits per heavy atom. The highest BCUT2D eigenvalue weighted by molar-refractivity contribution is 5.75. The summed E-state index contributed by atoms with van der Waals surface area (Å²) in [5.74, 6) is -0.182. The van der Waals surface area contributed by atoms with Crippen molar-refractivity contribution in [1.29, 1.82) is 0 Å². The molecule has 0 amide bonds. The van der Waals surface area contributed by atoms with Crippen molar-refractivity contribution in [3.63, 3.8) is 0 Å². The number of para-hydroxylation sites is 1. The lowest BCUT2D eigenvalue weighted by atomic mass is 10.1. The van der Waals surface area contributed by atoms with Gasteiger partial charge in [-0.15, -0.1) is 0 Å². The molecule has 0 radical (unpaired) electrons. The van der Waals surface area contributed by atoms with E-state index in [1.807, 2.05) is 56.4 Å². The van der Waals surface area contributed by atoms with Crippen LogP contribution >= 0.6 is 0 Å². The van der Waals surface area contributed by atoms with Gasteiger partial charge in [0.2, 0.25) is 0 Å². The van der Waals surface area contributed by atoms with Crippen LogP contribution in [0.3, 0.4) is 0 Å². The zero-order valence-corrected chi connectivity index (χ0v) is 12.6. The van der Waals surface area contributed by atoms with Crippen LogP contribution in [0.4, 0.5) is 5.69 Å².